The van der Waals surface area contributed by atoms with Crippen LogP contribution in [0, 0.1) is 0 Å². The number of benzene rings is 1. The fourth-order valence-corrected chi connectivity index (χ4v) is 2.45. The second kappa shape index (κ2) is 5.51. The van der Waals surface area contributed by atoms with Gasteiger partial charge in [0.15, 0.2) is 0 Å². The predicted molar refractivity (Wildman–Crippen MR) is 69.1 cm³/mol. The zero-order valence-electron chi connectivity index (χ0n) is 9.68. The van der Waals surface area contributed by atoms with Gasteiger partial charge in [0, 0.05) is 23.0 Å². The van der Waals surface area contributed by atoms with Crippen LogP contribution in [0.2, 0.25) is 0 Å². The number of fused-ring (bicyclic) bond motifs is 1. The second-order valence-corrected chi connectivity index (χ2v) is 4.87. The lowest BCUT2D eigenvalue weighted by Gasteiger charge is -2.10. The van der Waals surface area contributed by atoms with Gasteiger partial charge in [-0.25, -0.2) is 0 Å². The van der Waals surface area contributed by atoms with Crippen molar-refractivity contribution in [2.24, 2.45) is 0 Å². The molecular formula is C12H15BrN2O2. The molecule has 1 aromatic rings. The molecule has 4 nitrogen and oxygen atoms in total. The third-order valence-corrected chi connectivity index (χ3v) is 3.10. The summed E-state index contributed by atoms with van der Waals surface area (Å²) < 4.78 is 6.62. The van der Waals surface area contributed by atoms with Gasteiger partial charge < -0.3 is 15.4 Å². The van der Waals surface area contributed by atoms with E-state index in [4.69, 9.17) is 4.74 Å². The first-order valence-corrected chi connectivity index (χ1v) is 6.35. The number of likely N-dealkylation sites (N-methyl/N-ethyl adjacent to an activating group) is 1. The van der Waals surface area contributed by atoms with Crippen LogP contribution in [-0.4, -0.2) is 26.1 Å². The molecule has 0 atom stereocenters. The van der Waals surface area contributed by atoms with Gasteiger partial charge in [-0.1, -0.05) is 15.9 Å². The molecule has 0 saturated heterocycles. The van der Waals surface area contributed by atoms with Crippen LogP contribution in [0.15, 0.2) is 16.6 Å². The molecule has 1 aliphatic rings. The molecule has 0 bridgehead atoms. The van der Waals surface area contributed by atoms with Crippen LogP contribution < -0.4 is 15.4 Å². The van der Waals surface area contributed by atoms with Crippen LogP contribution in [0.1, 0.15) is 11.1 Å². The zero-order chi connectivity index (χ0) is 12.3. The number of hydrogen-bond donors (Lipinski definition) is 2. The van der Waals surface area contributed by atoms with Crippen molar-refractivity contribution in [3.63, 3.8) is 0 Å². The van der Waals surface area contributed by atoms with E-state index in [1.165, 1.54) is 5.56 Å². The van der Waals surface area contributed by atoms with E-state index in [0.29, 0.717) is 13.1 Å². The third-order valence-electron chi connectivity index (χ3n) is 2.64. The van der Waals surface area contributed by atoms with E-state index in [9.17, 15) is 4.79 Å². The zero-order valence-corrected chi connectivity index (χ0v) is 11.3. The molecule has 0 aromatic heterocycles. The highest BCUT2D eigenvalue weighted by atomic mass is 79.9. The number of nitrogens with one attached hydrogen (secondary N) is 2. The van der Waals surface area contributed by atoms with Gasteiger partial charge in [-0.2, -0.15) is 0 Å². The van der Waals surface area contributed by atoms with Crippen molar-refractivity contribution in [2.75, 3.05) is 20.2 Å². The average molecular weight is 299 g/mol. The van der Waals surface area contributed by atoms with Crippen LogP contribution in [0.25, 0.3) is 0 Å². The van der Waals surface area contributed by atoms with Crippen LogP contribution in [0.5, 0.6) is 5.75 Å². The Balaban J connectivity index is 2.08. The summed E-state index contributed by atoms with van der Waals surface area (Å²) in [6, 6.07) is 4.06. The van der Waals surface area contributed by atoms with E-state index in [1.807, 2.05) is 6.07 Å². The summed E-state index contributed by atoms with van der Waals surface area (Å²) in [7, 11) is 1.75. The molecule has 0 fully saturated rings. The Bertz CT molecular complexity index is 435. The van der Waals surface area contributed by atoms with Crippen LogP contribution in [-0.2, 0) is 17.8 Å². The van der Waals surface area contributed by atoms with Gasteiger partial charge in [-0.15, -0.1) is 0 Å². The summed E-state index contributed by atoms with van der Waals surface area (Å²) in [5.41, 5.74) is 2.23. The number of hydrogen-bond acceptors (Lipinski definition) is 3. The number of ether oxygens (including phenoxy) is 1. The molecule has 0 unspecified atom stereocenters. The fraction of sp³-hybridized carbons (Fsp3) is 0.417. The molecule has 2 N–H and O–H groups in total. The Hall–Kier alpha value is -1.07. The monoisotopic (exact) mass is 298 g/mol. The molecule has 92 valence electrons. The lowest BCUT2D eigenvalue weighted by atomic mass is 10.1. The van der Waals surface area contributed by atoms with Gasteiger partial charge in [0.2, 0.25) is 5.91 Å². The van der Waals surface area contributed by atoms with E-state index in [2.05, 4.69) is 32.6 Å². The minimum atomic E-state index is -0.0146. The van der Waals surface area contributed by atoms with Gasteiger partial charge in [0.05, 0.1) is 13.2 Å². The number of halogens is 1. The Kier molecular flexibility index (Phi) is 4.02. The van der Waals surface area contributed by atoms with E-state index in [-0.39, 0.29) is 5.91 Å². The molecule has 1 amide bonds. The maximum absolute atomic E-state index is 11.4. The maximum Gasteiger partial charge on any atom is 0.234 e. The lowest BCUT2D eigenvalue weighted by Crippen LogP contribution is -2.31. The second-order valence-electron chi connectivity index (χ2n) is 3.96. The molecule has 0 saturated carbocycles. The number of carbonyl (C=O) groups is 1. The summed E-state index contributed by atoms with van der Waals surface area (Å²) in [6.07, 6.45) is 0.937. The number of rotatable bonds is 4. The van der Waals surface area contributed by atoms with Gasteiger partial charge in [0.1, 0.15) is 5.75 Å². The largest absolute Gasteiger partial charge is 0.493 e. The highest BCUT2D eigenvalue weighted by Crippen LogP contribution is 2.32. The molecule has 0 spiro atoms. The Labute approximate surface area is 109 Å². The quantitative estimate of drug-likeness (QED) is 0.879. The molecule has 1 aliphatic heterocycles. The molecule has 0 radical (unpaired) electrons. The fourth-order valence-electron chi connectivity index (χ4n) is 1.89. The van der Waals surface area contributed by atoms with Crippen molar-refractivity contribution >= 4 is 21.8 Å². The highest BCUT2D eigenvalue weighted by molar-refractivity contribution is 9.10. The summed E-state index contributed by atoms with van der Waals surface area (Å²) in [5.74, 6) is 0.914. The van der Waals surface area contributed by atoms with Gasteiger partial charge in [0.25, 0.3) is 0 Å². The average Bonchev–Trinajstić information content (AvgIpc) is 2.74. The van der Waals surface area contributed by atoms with Crippen LogP contribution in [0.4, 0.5) is 0 Å². The SMILES string of the molecule is CNCC(=O)NCc1cc(Br)cc2c1OCC2. The molecule has 0 aliphatic carbocycles. The Morgan fingerprint density at radius 3 is 3.12 bits per heavy atom. The van der Waals surface area contributed by atoms with Crippen molar-refractivity contribution in [2.45, 2.75) is 13.0 Å². The standard InChI is InChI=1S/C12H15BrN2O2/c1-14-7-11(16)15-6-9-5-10(13)4-8-2-3-17-12(8)9/h4-5,14H,2-3,6-7H2,1H3,(H,15,16). The van der Waals surface area contributed by atoms with E-state index < -0.39 is 0 Å². The van der Waals surface area contributed by atoms with Gasteiger partial charge in [-0.3, -0.25) is 4.79 Å². The van der Waals surface area contributed by atoms with Gasteiger partial charge in [-0.05, 0) is 24.7 Å². The molecule has 1 aromatic carbocycles. The maximum atomic E-state index is 11.4. The van der Waals surface area contributed by atoms with Crippen molar-refractivity contribution in [3.8, 4) is 5.75 Å². The molecule has 1 heterocycles. The van der Waals surface area contributed by atoms with E-state index in [0.717, 1.165) is 28.8 Å². The van der Waals surface area contributed by atoms with Crippen LogP contribution in [0.3, 0.4) is 0 Å². The van der Waals surface area contributed by atoms with E-state index >= 15 is 0 Å². The number of amides is 1. The van der Waals surface area contributed by atoms with E-state index in [1.54, 1.807) is 7.05 Å². The first-order chi connectivity index (χ1) is 8.20. The highest BCUT2D eigenvalue weighted by Gasteiger charge is 2.17. The predicted octanol–water partition coefficient (Wildman–Crippen LogP) is 1.22. The molecule has 2 rings (SSSR count). The first kappa shape index (κ1) is 12.4. The summed E-state index contributed by atoms with van der Waals surface area (Å²) in [4.78, 5) is 11.4. The first-order valence-electron chi connectivity index (χ1n) is 5.56. The third kappa shape index (κ3) is 2.98. The minimum absolute atomic E-state index is 0.0146. The molecule has 17 heavy (non-hydrogen) atoms. The Morgan fingerprint density at radius 2 is 2.35 bits per heavy atom. The van der Waals surface area contributed by atoms with Crippen molar-refractivity contribution in [1.82, 2.24) is 10.6 Å². The van der Waals surface area contributed by atoms with Crippen molar-refractivity contribution in [1.29, 1.82) is 0 Å². The molecular weight excluding hydrogens is 284 g/mol. The number of carbonyl (C=O) groups excluding carboxylic acids is 1. The van der Waals surface area contributed by atoms with Crippen molar-refractivity contribution in [3.05, 3.63) is 27.7 Å². The summed E-state index contributed by atoms with van der Waals surface area (Å²) in [6.45, 7) is 1.56. The summed E-state index contributed by atoms with van der Waals surface area (Å²) >= 11 is 3.47. The molecule has 5 heteroatoms. The minimum Gasteiger partial charge on any atom is -0.493 e. The summed E-state index contributed by atoms with van der Waals surface area (Å²) in [5, 5.41) is 5.67. The van der Waals surface area contributed by atoms with Gasteiger partial charge >= 0.3 is 0 Å². The normalized spacial score (nSPS) is 13.1. The smallest absolute Gasteiger partial charge is 0.234 e. The van der Waals surface area contributed by atoms with Crippen LogP contribution >= 0.6 is 15.9 Å². The Morgan fingerprint density at radius 1 is 1.53 bits per heavy atom. The van der Waals surface area contributed by atoms with Crippen molar-refractivity contribution < 1.29 is 9.53 Å². The topological polar surface area (TPSA) is 50.4 Å². The lowest BCUT2D eigenvalue weighted by molar-refractivity contribution is -0.120.